The van der Waals surface area contributed by atoms with E-state index in [9.17, 15) is 34.5 Å². The quantitative estimate of drug-likeness (QED) is 0.484. The van der Waals surface area contributed by atoms with E-state index in [0.717, 1.165) is 0 Å². The molecule has 0 heterocycles. The summed E-state index contributed by atoms with van der Waals surface area (Å²) in [5.74, 6) is -2.17. The Morgan fingerprint density at radius 2 is 1.62 bits per heavy atom. The molecule has 0 aliphatic heterocycles. The third kappa shape index (κ3) is 3.82. The second-order valence-corrected chi connectivity index (χ2v) is 13.9. The number of hydrogen-bond donors (Lipinski definition) is 3. The monoisotopic (exact) mass is 516 g/mol. The summed E-state index contributed by atoms with van der Waals surface area (Å²) in [5, 5.41) is 32.4. The first-order valence-corrected chi connectivity index (χ1v) is 13.8. The lowest BCUT2D eigenvalue weighted by atomic mass is 9.42. The molecule has 7 nitrogen and oxygen atoms in total. The number of carbonyl (C=O) groups is 4. The zero-order valence-electron chi connectivity index (χ0n) is 23.4. The van der Waals surface area contributed by atoms with Crippen molar-refractivity contribution in [2.75, 3.05) is 0 Å². The van der Waals surface area contributed by atoms with E-state index >= 15 is 0 Å². The Hall–Kier alpha value is -1.86. The molecular formula is C30H44O7. The Balaban J connectivity index is 1.74. The lowest BCUT2D eigenvalue weighted by molar-refractivity contribution is -0.146. The number of carboxylic acids is 1. The number of aliphatic carboxylic acids is 1. The van der Waals surface area contributed by atoms with Crippen LogP contribution in [0.4, 0.5) is 0 Å². The first-order valence-electron chi connectivity index (χ1n) is 13.8. The minimum atomic E-state index is -1.00. The fourth-order valence-corrected chi connectivity index (χ4v) is 9.20. The van der Waals surface area contributed by atoms with Crippen molar-refractivity contribution in [2.45, 2.75) is 106 Å². The van der Waals surface area contributed by atoms with Crippen molar-refractivity contribution in [2.24, 2.45) is 45.3 Å². The molecule has 0 aromatic carbocycles. The Morgan fingerprint density at radius 3 is 2.22 bits per heavy atom. The maximum absolute atomic E-state index is 14.1. The van der Waals surface area contributed by atoms with Crippen molar-refractivity contribution in [3.63, 3.8) is 0 Å². The number of ketones is 3. The number of carbonyl (C=O) groups excluding carboxylic acids is 3. The van der Waals surface area contributed by atoms with E-state index in [0.29, 0.717) is 36.8 Å². The molecule has 9 atom stereocenters. The summed E-state index contributed by atoms with van der Waals surface area (Å²) >= 11 is 0. The second-order valence-electron chi connectivity index (χ2n) is 13.9. The number of allylic oxidation sites excluding steroid dienone is 1. The van der Waals surface area contributed by atoms with Crippen molar-refractivity contribution in [1.29, 1.82) is 0 Å². The number of fused-ring (bicyclic) bond motifs is 4. The molecule has 0 saturated heterocycles. The largest absolute Gasteiger partial charge is 0.481 e. The summed E-state index contributed by atoms with van der Waals surface area (Å²) in [6.45, 7) is 13.4. The van der Waals surface area contributed by atoms with Gasteiger partial charge in [0.2, 0.25) is 0 Å². The Bertz CT molecular complexity index is 1070. The van der Waals surface area contributed by atoms with Gasteiger partial charge in [0.25, 0.3) is 0 Å². The van der Waals surface area contributed by atoms with Gasteiger partial charge in [-0.05, 0) is 48.0 Å². The maximum atomic E-state index is 14.1. The van der Waals surface area contributed by atoms with Crippen LogP contribution in [0.3, 0.4) is 0 Å². The lowest BCUT2D eigenvalue weighted by Crippen LogP contribution is -2.60. The maximum Gasteiger partial charge on any atom is 0.306 e. The predicted molar refractivity (Wildman–Crippen MR) is 137 cm³/mol. The van der Waals surface area contributed by atoms with E-state index in [1.165, 1.54) is 6.92 Å². The van der Waals surface area contributed by atoms with Crippen molar-refractivity contribution >= 4 is 23.3 Å². The number of hydrogen-bond acceptors (Lipinski definition) is 6. The minimum absolute atomic E-state index is 0.0106. The van der Waals surface area contributed by atoms with E-state index < -0.39 is 45.8 Å². The van der Waals surface area contributed by atoms with Gasteiger partial charge in [-0.2, -0.15) is 0 Å². The molecular weight excluding hydrogens is 472 g/mol. The number of aliphatic hydroxyl groups is 2. The summed E-state index contributed by atoms with van der Waals surface area (Å²) in [7, 11) is 0. The summed E-state index contributed by atoms with van der Waals surface area (Å²) in [6, 6.07) is 0. The average molecular weight is 517 g/mol. The van der Waals surface area contributed by atoms with Gasteiger partial charge in [-0.3, -0.25) is 19.2 Å². The number of Topliss-reactive ketones (excluding diaryl/α,β-unsaturated/α-hetero) is 3. The average Bonchev–Trinajstić information content (AvgIpc) is 2.99. The van der Waals surface area contributed by atoms with Gasteiger partial charge in [-0.25, -0.2) is 0 Å². The van der Waals surface area contributed by atoms with E-state index in [1.807, 2.05) is 34.6 Å². The van der Waals surface area contributed by atoms with Gasteiger partial charge < -0.3 is 15.3 Å². The molecule has 206 valence electrons. The van der Waals surface area contributed by atoms with Crippen molar-refractivity contribution in [1.82, 2.24) is 0 Å². The van der Waals surface area contributed by atoms with E-state index in [4.69, 9.17) is 0 Å². The van der Waals surface area contributed by atoms with Crippen LogP contribution in [0.15, 0.2) is 11.1 Å². The van der Waals surface area contributed by atoms with Crippen LogP contribution in [-0.4, -0.2) is 50.8 Å². The topological polar surface area (TPSA) is 129 Å². The molecule has 0 amide bonds. The molecule has 0 radical (unpaired) electrons. The van der Waals surface area contributed by atoms with Crippen LogP contribution < -0.4 is 0 Å². The van der Waals surface area contributed by atoms with E-state index in [2.05, 4.69) is 6.92 Å². The van der Waals surface area contributed by atoms with Gasteiger partial charge in [0.05, 0.1) is 18.1 Å². The van der Waals surface area contributed by atoms with Crippen LogP contribution in [0, 0.1) is 45.3 Å². The van der Waals surface area contributed by atoms with Gasteiger partial charge in [-0.1, -0.05) is 48.5 Å². The number of carboxylic acid groups (broad SMARTS) is 1. The molecule has 4 rings (SSSR count). The second kappa shape index (κ2) is 8.84. The van der Waals surface area contributed by atoms with Gasteiger partial charge in [-0.15, -0.1) is 0 Å². The van der Waals surface area contributed by atoms with Crippen LogP contribution in [0.25, 0.3) is 0 Å². The predicted octanol–water partition coefficient (Wildman–Crippen LogP) is 4.13. The molecule has 0 bridgehead atoms. The Morgan fingerprint density at radius 1 is 1.00 bits per heavy atom. The third-order valence-electron chi connectivity index (χ3n) is 11.6. The van der Waals surface area contributed by atoms with Crippen LogP contribution in [0.2, 0.25) is 0 Å². The third-order valence-corrected chi connectivity index (χ3v) is 11.6. The highest BCUT2D eigenvalue weighted by atomic mass is 16.4. The Kier molecular flexibility index (Phi) is 6.72. The first kappa shape index (κ1) is 28.2. The molecule has 37 heavy (non-hydrogen) atoms. The molecule has 2 fully saturated rings. The fraction of sp³-hybridized carbons (Fsp3) is 0.800. The zero-order chi connectivity index (χ0) is 27.9. The highest BCUT2D eigenvalue weighted by Crippen LogP contribution is 2.71. The highest BCUT2D eigenvalue weighted by Gasteiger charge is 2.70. The molecule has 4 aliphatic carbocycles. The van der Waals surface area contributed by atoms with E-state index in [1.54, 1.807) is 0 Å². The highest BCUT2D eigenvalue weighted by molar-refractivity contribution is 6.01. The van der Waals surface area contributed by atoms with Gasteiger partial charge >= 0.3 is 5.97 Å². The zero-order valence-corrected chi connectivity index (χ0v) is 23.4. The fourth-order valence-electron chi connectivity index (χ4n) is 9.20. The van der Waals surface area contributed by atoms with Crippen LogP contribution in [0.1, 0.15) is 93.4 Å². The van der Waals surface area contributed by atoms with Gasteiger partial charge in [0.1, 0.15) is 11.6 Å². The van der Waals surface area contributed by atoms with Gasteiger partial charge in [0, 0.05) is 47.5 Å². The smallest absolute Gasteiger partial charge is 0.306 e. The van der Waals surface area contributed by atoms with Gasteiger partial charge in [0.15, 0.2) is 5.78 Å². The number of aliphatic hydroxyl groups excluding tert-OH is 2. The first-order chi connectivity index (χ1) is 16.9. The minimum Gasteiger partial charge on any atom is -0.481 e. The van der Waals surface area contributed by atoms with Crippen molar-refractivity contribution in [3.8, 4) is 0 Å². The van der Waals surface area contributed by atoms with Crippen molar-refractivity contribution < 1.29 is 34.5 Å². The van der Waals surface area contributed by atoms with E-state index in [-0.39, 0.29) is 54.4 Å². The standard InChI is InChI=1S/C30H44O7/c1-15(10-17(31)11-16(2)26(36)37)18-12-23(35)30(7)25-19(32)13-21-27(3,4)22(34)8-9-28(21,5)24(25)20(33)14-29(18,30)6/h15-16,18-19,21,23,32,35H,8-14H2,1-7H3,(H,36,37)/t15-,16-,18-,19-,21-,23+,28+,29-,30+/m1/s1. The summed E-state index contributed by atoms with van der Waals surface area (Å²) < 4.78 is 0. The normalized spacial score (nSPS) is 42.5. The molecule has 0 aromatic rings. The molecule has 7 heteroatoms. The van der Waals surface area contributed by atoms with Crippen LogP contribution in [-0.2, 0) is 19.2 Å². The molecule has 3 N–H and O–H groups in total. The number of rotatable bonds is 6. The van der Waals surface area contributed by atoms with Crippen molar-refractivity contribution in [3.05, 3.63) is 11.1 Å². The SMILES string of the molecule is C[C@H](CC(=O)C[C@@H](C)[C@H]1C[C@H](O)[C@@]2(C)C3=C(C(=O)C[C@]12C)[C@@]1(C)CCC(=O)C(C)(C)[C@H]1C[C@H]3O)C(=O)O. The molecule has 2 saturated carbocycles. The molecule has 4 aliphatic rings. The molecule has 0 spiro atoms. The summed E-state index contributed by atoms with van der Waals surface area (Å²) in [5.41, 5.74) is -1.40. The Labute approximate surface area is 220 Å². The van der Waals surface area contributed by atoms with Crippen LogP contribution >= 0.6 is 0 Å². The molecule has 0 aromatic heterocycles. The van der Waals surface area contributed by atoms with Crippen LogP contribution in [0.5, 0.6) is 0 Å². The summed E-state index contributed by atoms with van der Waals surface area (Å²) in [6.07, 6.45) is 0.421. The summed E-state index contributed by atoms with van der Waals surface area (Å²) in [4.78, 5) is 50.8. The molecule has 0 unspecified atom stereocenters. The lowest BCUT2D eigenvalue weighted by Gasteiger charge is -2.61.